The Balaban J connectivity index is 2.15. The fraction of sp³-hybridized carbons (Fsp3) is 0.333. The predicted octanol–water partition coefficient (Wildman–Crippen LogP) is 3.26. The van der Waals surface area contributed by atoms with Gasteiger partial charge in [0.05, 0.1) is 13.7 Å². The fourth-order valence-electron chi connectivity index (χ4n) is 2.08. The molecule has 0 saturated carbocycles. The van der Waals surface area contributed by atoms with Crippen molar-refractivity contribution in [2.45, 2.75) is 19.8 Å². The Morgan fingerprint density at radius 3 is 3.00 bits per heavy atom. The SMILES string of the molecule is CCCCOC(=O)/C(C#N)=C/C1=Cc2ccc(OC)cc2OC1. The monoisotopic (exact) mass is 313 g/mol. The van der Waals surface area contributed by atoms with Gasteiger partial charge in [0.15, 0.2) is 0 Å². The van der Waals surface area contributed by atoms with Crippen LogP contribution in [0.3, 0.4) is 0 Å². The van der Waals surface area contributed by atoms with Crippen LogP contribution in [-0.4, -0.2) is 26.3 Å². The molecule has 5 nitrogen and oxygen atoms in total. The van der Waals surface area contributed by atoms with E-state index >= 15 is 0 Å². The van der Waals surface area contributed by atoms with Crippen LogP contribution in [0.25, 0.3) is 6.08 Å². The van der Waals surface area contributed by atoms with E-state index in [1.54, 1.807) is 13.2 Å². The van der Waals surface area contributed by atoms with Gasteiger partial charge in [0, 0.05) is 11.6 Å². The van der Waals surface area contributed by atoms with Gasteiger partial charge >= 0.3 is 5.97 Å². The van der Waals surface area contributed by atoms with Crippen LogP contribution in [0.2, 0.25) is 0 Å². The van der Waals surface area contributed by atoms with Crippen LogP contribution >= 0.6 is 0 Å². The molecule has 0 radical (unpaired) electrons. The Morgan fingerprint density at radius 2 is 2.30 bits per heavy atom. The van der Waals surface area contributed by atoms with Crippen molar-refractivity contribution in [1.29, 1.82) is 5.26 Å². The van der Waals surface area contributed by atoms with Crippen molar-refractivity contribution in [2.75, 3.05) is 20.3 Å². The van der Waals surface area contributed by atoms with Crippen LogP contribution < -0.4 is 9.47 Å². The summed E-state index contributed by atoms with van der Waals surface area (Å²) in [4.78, 5) is 11.9. The Hall–Kier alpha value is -2.74. The first-order valence-electron chi connectivity index (χ1n) is 7.48. The molecule has 0 amide bonds. The minimum absolute atomic E-state index is 0.0204. The number of nitriles is 1. The number of carbonyl (C=O) groups excluding carboxylic acids is 1. The predicted molar refractivity (Wildman–Crippen MR) is 86.0 cm³/mol. The topological polar surface area (TPSA) is 68.6 Å². The minimum Gasteiger partial charge on any atom is -0.497 e. The summed E-state index contributed by atoms with van der Waals surface area (Å²) in [5.74, 6) is 0.835. The zero-order valence-electron chi connectivity index (χ0n) is 13.3. The van der Waals surface area contributed by atoms with Crippen molar-refractivity contribution >= 4 is 12.0 Å². The normalized spacial score (nSPS) is 13.3. The Labute approximate surface area is 135 Å². The maximum atomic E-state index is 11.9. The summed E-state index contributed by atoms with van der Waals surface area (Å²) >= 11 is 0. The number of ether oxygens (including phenoxy) is 3. The summed E-state index contributed by atoms with van der Waals surface area (Å²) < 4.78 is 15.9. The molecule has 1 aromatic rings. The van der Waals surface area contributed by atoms with Gasteiger partial charge in [-0.25, -0.2) is 4.79 Å². The van der Waals surface area contributed by atoms with Crippen molar-refractivity contribution in [1.82, 2.24) is 0 Å². The number of benzene rings is 1. The number of esters is 1. The molecule has 0 aliphatic carbocycles. The number of hydrogen-bond donors (Lipinski definition) is 0. The van der Waals surface area contributed by atoms with Crippen LogP contribution in [0.5, 0.6) is 11.5 Å². The van der Waals surface area contributed by atoms with E-state index in [-0.39, 0.29) is 12.2 Å². The summed E-state index contributed by atoms with van der Waals surface area (Å²) in [6, 6.07) is 7.39. The maximum absolute atomic E-state index is 11.9. The van der Waals surface area contributed by atoms with Gasteiger partial charge in [0.2, 0.25) is 0 Å². The van der Waals surface area contributed by atoms with E-state index in [0.29, 0.717) is 18.1 Å². The smallest absolute Gasteiger partial charge is 0.348 e. The van der Waals surface area contributed by atoms with Gasteiger partial charge in [-0.2, -0.15) is 5.26 Å². The van der Waals surface area contributed by atoms with Gasteiger partial charge in [0.1, 0.15) is 29.7 Å². The second-order valence-corrected chi connectivity index (χ2v) is 5.07. The molecule has 1 aromatic carbocycles. The lowest BCUT2D eigenvalue weighted by Crippen LogP contribution is -2.11. The zero-order chi connectivity index (χ0) is 16.7. The molecular formula is C18H19NO4. The molecule has 0 N–H and O–H groups in total. The quantitative estimate of drug-likeness (QED) is 0.349. The average Bonchev–Trinajstić information content (AvgIpc) is 2.59. The van der Waals surface area contributed by atoms with Crippen LogP contribution in [-0.2, 0) is 9.53 Å². The molecule has 0 aromatic heterocycles. The van der Waals surface area contributed by atoms with E-state index in [9.17, 15) is 4.79 Å². The number of nitrogens with zero attached hydrogens (tertiary/aromatic N) is 1. The second-order valence-electron chi connectivity index (χ2n) is 5.07. The van der Waals surface area contributed by atoms with Crippen LogP contribution in [0.1, 0.15) is 25.3 Å². The molecule has 120 valence electrons. The number of unbranched alkanes of at least 4 members (excludes halogenated alkanes) is 1. The van der Waals surface area contributed by atoms with Gasteiger partial charge in [-0.3, -0.25) is 0 Å². The van der Waals surface area contributed by atoms with Crippen molar-refractivity contribution in [3.8, 4) is 17.6 Å². The summed E-state index contributed by atoms with van der Waals surface area (Å²) in [5, 5.41) is 9.14. The molecule has 5 heteroatoms. The van der Waals surface area contributed by atoms with Crippen molar-refractivity contribution in [3.05, 3.63) is 41.0 Å². The van der Waals surface area contributed by atoms with E-state index in [0.717, 1.165) is 24.0 Å². The summed E-state index contributed by atoms with van der Waals surface area (Å²) in [6.07, 6.45) is 5.11. The highest BCUT2D eigenvalue weighted by atomic mass is 16.5. The molecule has 0 unspecified atom stereocenters. The minimum atomic E-state index is -0.595. The van der Waals surface area contributed by atoms with E-state index in [4.69, 9.17) is 19.5 Å². The highest BCUT2D eigenvalue weighted by molar-refractivity contribution is 5.93. The van der Waals surface area contributed by atoms with Crippen LogP contribution in [0, 0.1) is 11.3 Å². The lowest BCUT2D eigenvalue weighted by molar-refractivity contribution is -0.138. The molecule has 2 rings (SSSR count). The number of methoxy groups -OCH3 is 1. The first-order chi connectivity index (χ1) is 11.2. The Morgan fingerprint density at radius 1 is 1.48 bits per heavy atom. The standard InChI is InChI=1S/C18H19NO4/c1-3-4-7-22-18(20)15(11-19)9-13-8-14-5-6-16(21-2)10-17(14)23-12-13/h5-6,8-10H,3-4,7,12H2,1-2H3/b15-9+. The lowest BCUT2D eigenvalue weighted by Gasteiger charge is -2.17. The van der Waals surface area contributed by atoms with Gasteiger partial charge < -0.3 is 14.2 Å². The van der Waals surface area contributed by atoms with Crippen molar-refractivity contribution < 1.29 is 19.0 Å². The molecule has 1 aliphatic rings. The molecule has 0 fully saturated rings. The van der Waals surface area contributed by atoms with E-state index in [2.05, 4.69) is 0 Å². The highest BCUT2D eigenvalue weighted by Gasteiger charge is 2.15. The summed E-state index contributed by atoms with van der Waals surface area (Å²) in [6.45, 7) is 2.62. The van der Waals surface area contributed by atoms with Gasteiger partial charge in [0.25, 0.3) is 0 Å². The van der Waals surface area contributed by atoms with Crippen LogP contribution in [0.15, 0.2) is 35.4 Å². The molecular weight excluding hydrogens is 294 g/mol. The molecule has 0 atom stereocenters. The van der Waals surface area contributed by atoms with Gasteiger partial charge in [-0.15, -0.1) is 0 Å². The number of fused-ring (bicyclic) bond motifs is 1. The number of rotatable bonds is 6. The second kappa shape index (κ2) is 8.04. The van der Waals surface area contributed by atoms with E-state index in [1.165, 1.54) is 6.08 Å². The summed E-state index contributed by atoms with van der Waals surface area (Å²) in [5.41, 5.74) is 1.60. The molecule has 0 bridgehead atoms. The average molecular weight is 313 g/mol. The largest absolute Gasteiger partial charge is 0.497 e. The highest BCUT2D eigenvalue weighted by Crippen LogP contribution is 2.30. The lowest BCUT2D eigenvalue weighted by atomic mass is 10.1. The van der Waals surface area contributed by atoms with Crippen molar-refractivity contribution in [3.63, 3.8) is 0 Å². The van der Waals surface area contributed by atoms with Crippen LogP contribution in [0.4, 0.5) is 0 Å². The van der Waals surface area contributed by atoms with Gasteiger partial charge in [-0.05, 0) is 36.3 Å². The molecule has 1 aliphatic heterocycles. The zero-order valence-corrected chi connectivity index (χ0v) is 13.3. The third-order valence-corrected chi connectivity index (χ3v) is 3.36. The molecule has 23 heavy (non-hydrogen) atoms. The van der Waals surface area contributed by atoms with Crippen molar-refractivity contribution in [2.24, 2.45) is 0 Å². The first kappa shape index (κ1) is 16.6. The first-order valence-corrected chi connectivity index (χ1v) is 7.48. The summed E-state index contributed by atoms with van der Waals surface area (Å²) in [7, 11) is 1.60. The fourth-order valence-corrected chi connectivity index (χ4v) is 2.08. The Kier molecular flexibility index (Phi) is 5.81. The van der Waals surface area contributed by atoms with Gasteiger partial charge in [-0.1, -0.05) is 13.3 Å². The maximum Gasteiger partial charge on any atom is 0.348 e. The number of carbonyl (C=O) groups is 1. The number of hydrogen-bond acceptors (Lipinski definition) is 5. The molecule has 0 saturated heterocycles. The third kappa shape index (κ3) is 4.36. The Bertz CT molecular complexity index is 683. The van der Waals surface area contributed by atoms with E-state index < -0.39 is 5.97 Å². The molecule has 0 spiro atoms. The molecule has 1 heterocycles. The van der Waals surface area contributed by atoms with E-state index in [1.807, 2.05) is 31.2 Å². The third-order valence-electron chi connectivity index (χ3n) is 3.36.